The van der Waals surface area contributed by atoms with Crippen LogP contribution in [0.3, 0.4) is 0 Å². The molecule has 0 bridgehead atoms. The molecule has 3 rings (SSSR count). The number of rotatable bonds is 2. The van der Waals surface area contributed by atoms with Gasteiger partial charge in [0, 0.05) is 42.0 Å². The van der Waals surface area contributed by atoms with Gasteiger partial charge in [-0.1, -0.05) is 0 Å². The molecule has 0 aliphatic carbocycles. The van der Waals surface area contributed by atoms with Gasteiger partial charge >= 0.3 is 5.97 Å². The van der Waals surface area contributed by atoms with Crippen molar-refractivity contribution in [2.24, 2.45) is 0 Å². The largest absolute Gasteiger partial charge is 0.477 e. The fraction of sp³-hybridized carbons (Fsp3) is 0.357. The summed E-state index contributed by atoms with van der Waals surface area (Å²) in [6, 6.07) is 4.80. The number of nitrogens with zero attached hydrogens (tertiary/aromatic N) is 2. The van der Waals surface area contributed by atoms with Crippen LogP contribution in [0.25, 0.3) is 10.1 Å². The summed E-state index contributed by atoms with van der Waals surface area (Å²) in [4.78, 5) is 15.5. The maximum Gasteiger partial charge on any atom is 0.345 e. The Balaban J connectivity index is 1.98. The average Bonchev–Trinajstić information content (AvgIpc) is 2.84. The maximum atomic E-state index is 14.1. The number of halogens is 1. The first-order chi connectivity index (χ1) is 9.54. The van der Waals surface area contributed by atoms with Gasteiger partial charge in [0.05, 0.1) is 0 Å². The van der Waals surface area contributed by atoms with E-state index in [0.29, 0.717) is 10.1 Å². The zero-order valence-electron chi connectivity index (χ0n) is 11.1. The number of anilines is 1. The number of carboxylic acid groups (broad SMARTS) is 1. The Kier molecular flexibility index (Phi) is 3.35. The number of piperazine rings is 1. The van der Waals surface area contributed by atoms with Gasteiger partial charge in [0.25, 0.3) is 0 Å². The molecule has 0 unspecified atom stereocenters. The molecule has 0 amide bonds. The maximum absolute atomic E-state index is 14.1. The van der Waals surface area contributed by atoms with E-state index in [1.807, 2.05) is 6.07 Å². The standard InChI is InChI=1S/C14H15FN2O2S/c1-16-2-4-17(5-3-16)9-6-11(15)10-8-13(14(18)19)20-12(10)7-9/h6-8H,2-5H2,1H3,(H,18,19). The van der Waals surface area contributed by atoms with Crippen LogP contribution in [0.15, 0.2) is 18.2 Å². The molecule has 1 aromatic carbocycles. The SMILES string of the molecule is CN1CCN(c2cc(F)c3cc(C(=O)O)sc3c2)CC1. The van der Waals surface area contributed by atoms with Gasteiger partial charge in [0.2, 0.25) is 0 Å². The predicted octanol–water partition coefficient (Wildman–Crippen LogP) is 2.49. The van der Waals surface area contributed by atoms with Gasteiger partial charge in [0.1, 0.15) is 10.7 Å². The molecule has 106 valence electrons. The van der Waals surface area contributed by atoms with Crippen molar-refractivity contribution in [1.82, 2.24) is 4.90 Å². The predicted molar refractivity (Wildman–Crippen MR) is 78.5 cm³/mol. The Hall–Kier alpha value is -1.66. The Labute approximate surface area is 120 Å². The fourth-order valence-corrected chi connectivity index (χ4v) is 3.38. The van der Waals surface area contributed by atoms with Gasteiger partial charge in [-0.15, -0.1) is 11.3 Å². The zero-order chi connectivity index (χ0) is 14.3. The normalized spacial score (nSPS) is 16.8. The highest BCUT2D eigenvalue weighted by molar-refractivity contribution is 7.20. The van der Waals surface area contributed by atoms with Gasteiger partial charge in [-0.3, -0.25) is 0 Å². The third-order valence-electron chi connectivity index (χ3n) is 3.65. The van der Waals surface area contributed by atoms with Crippen LogP contribution in [0.5, 0.6) is 0 Å². The Morgan fingerprint density at radius 2 is 1.95 bits per heavy atom. The molecular weight excluding hydrogens is 279 g/mol. The second kappa shape index (κ2) is 5.03. The number of hydrogen-bond donors (Lipinski definition) is 1. The van der Waals surface area contributed by atoms with Crippen LogP contribution in [0.2, 0.25) is 0 Å². The number of fused-ring (bicyclic) bond motifs is 1. The average molecular weight is 294 g/mol. The van der Waals surface area contributed by atoms with Crippen molar-refractivity contribution in [2.45, 2.75) is 0 Å². The number of hydrogen-bond acceptors (Lipinski definition) is 4. The number of benzene rings is 1. The summed E-state index contributed by atoms with van der Waals surface area (Å²) >= 11 is 1.12. The van der Waals surface area contributed by atoms with Crippen LogP contribution in [0, 0.1) is 5.82 Å². The molecule has 2 aromatic rings. The highest BCUT2D eigenvalue weighted by Crippen LogP contribution is 2.32. The molecule has 0 saturated carbocycles. The van der Waals surface area contributed by atoms with Crippen LogP contribution >= 0.6 is 11.3 Å². The van der Waals surface area contributed by atoms with Crippen LogP contribution in [0.1, 0.15) is 9.67 Å². The number of carboxylic acids is 1. The molecule has 6 heteroatoms. The van der Waals surface area contributed by atoms with Crippen molar-refractivity contribution in [3.63, 3.8) is 0 Å². The summed E-state index contributed by atoms with van der Waals surface area (Å²) in [5, 5.41) is 9.39. The molecule has 1 aliphatic rings. The fourth-order valence-electron chi connectivity index (χ4n) is 2.44. The lowest BCUT2D eigenvalue weighted by Gasteiger charge is -2.34. The van der Waals surface area contributed by atoms with Crippen molar-refractivity contribution >= 4 is 33.1 Å². The molecule has 1 aromatic heterocycles. The number of thiophene rings is 1. The summed E-state index contributed by atoms with van der Waals surface area (Å²) in [6.07, 6.45) is 0. The topological polar surface area (TPSA) is 43.8 Å². The van der Waals surface area contributed by atoms with Gasteiger partial charge in [-0.05, 0) is 25.2 Å². The summed E-state index contributed by atoms with van der Waals surface area (Å²) in [5.74, 6) is -1.35. The monoisotopic (exact) mass is 294 g/mol. The minimum absolute atomic E-state index is 0.175. The molecule has 2 heterocycles. The van der Waals surface area contributed by atoms with Crippen molar-refractivity contribution < 1.29 is 14.3 Å². The van der Waals surface area contributed by atoms with Crippen LogP contribution in [0.4, 0.5) is 10.1 Å². The van der Waals surface area contributed by atoms with Crippen molar-refractivity contribution in [3.05, 3.63) is 28.9 Å². The Morgan fingerprint density at radius 3 is 2.60 bits per heavy atom. The number of aromatic carboxylic acids is 1. The lowest BCUT2D eigenvalue weighted by Crippen LogP contribution is -2.44. The molecule has 4 nitrogen and oxygen atoms in total. The highest BCUT2D eigenvalue weighted by Gasteiger charge is 2.18. The van der Waals surface area contributed by atoms with E-state index in [9.17, 15) is 9.18 Å². The summed E-state index contributed by atoms with van der Waals surface area (Å²) in [6.45, 7) is 3.62. The van der Waals surface area contributed by atoms with Crippen molar-refractivity contribution in [2.75, 3.05) is 38.1 Å². The first-order valence-corrected chi connectivity index (χ1v) is 7.26. The van der Waals surface area contributed by atoms with Crippen molar-refractivity contribution in [1.29, 1.82) is 0 Å². The van der Waals surface area contributed by atoms with Gasteiger partial charge in [-0.25, -0.2) is 9.18 Å². The van der Waals surface area contributed by atoms with E-state index in [1.165, 1.54) is 12.1 Å². The summed E-state index contributed by atoms with van der Waals surface area (Å²) < 4.78 is 14.8. The minimum atomic E-state index is -1.01. The number of carbonyl (C=O) groups is 1. The van der Waals surface area contributed by atoms with Gasteiger partial charge in [0.15, 0.2) is 0 Å². The smallest absolute Gasteiger partial charge is 0.345 e. The molecule has 1 aliphatic heterocycles. The number of likely N-dealkylation sites (N-methyl/N-ethyl adjacent to an activating group) is 1. The van der Waals surface area contributed by atoms with Crippen LogP contribution < -0.4 is 4.90 Å². The molecule has 1 fully saturated rings. The van der Waals surface area contributed by atoms with E-state index >= 15 is 0 Å². The van der Waals surface area contributed by atoms with E-state index in [2.05, 4.69) is 16.8 Å². The molecule has 0 radical (unpaired) electrons. The highest BCUT2D eigenvalue weighted by atomic mass is 32.1. The van der Waals surface area contributed by atoms with E-state index in [0.717, 1.165) is 43.2 Å². The zero-order valence-corrected chi connectivity index (χ0v) is 11.9. The van der Waals surface area contributed by atoms with Crippen molar-refractivity contribution in [3.8, 4) is 0 Å². The van der Waals surface area contributed by atoms with E-state index in [-0.39, 0.29) is 10.7 Å². The van der Waals surface area contributed by atoms with E-state index in [1.54, 1.807) is 0 Å². The third-order valence-corrected chi connectivity index (χ3v) is 4.72. The molecule has 0 spiro atoms. The Bertz CT molecular complexity index is 662. The Morgan fingerprint density at radius 1 is 1.25 bits per heavy atom. The minimum Gasteiger partial charge on any atom is -0.477 e. The second-order valence-electron chi connectivity index (χ2n) is 5.05. The molecule has 0 atom stereocenters. The van der Waals surface area contributed by atoms with Gasteiger partial charge in [-0.2, -0.15) is 0 Å². The summed E-state index contributed by atoms with van der Waals surface area (Å²) in [5.41, 5.74) is 0.835. The summed E-state index contributed by atoms with van der Waals surface area (Å²) in [7, 11) is 2.07. The molecule has 1 saturated heterocycles. The third kappa shape index (κ3) is 2.36. The second-order valence-corrected chi connectivity index (χ2v) is 6.13. The lowest BCUT2D eigenvalue weighted by atomic mass is 10.2. The van der Waals surface area contributed by atoms with Crippen LogP contribution in [-0.4, -0.2) is 49.2 Å². The first-order valence-electron chi connectivity index (χ1n) is 6.44. The lowest BCUT2D eigenvalue weighted by molar-refractivity contribution is 0.0702. The van der Waals surface area contributed by atoms with E-state index in [4.69, 9.17) is 5.11 Å². The van der Waals surface area contributed by atoms with Crippen LogP contribution in [-0.2, 0) is 0 Å². The quantitative estimate of drug-likeness (QED) is 0.924. The molecule has 20 heavy (non-hydrogen) atoms. The first kappa shape index (κ1) is 13.3. The van der Waals surface area contributed by atoms with E-state index < -0.39 is 5.97 Å². The molecule has 1 N–H and O–H groups in total. The molecular formula is C14H15FN2O2S. The van der Waals surface area contributed by atoms with Gasteiger partial charge < -0.3 is 14.9 Å².